The number of carbonyl (C=O) groups excluding carboxylic acids is 1. The second kappa shape index (κ2) is 6.20. The third kappa shape index (κ3) is 2.65. The average Bonchev–Trinajstić information content (AvgIpc) is 3.14. The molecule has 27 heavy (non-hydrogen) atoms. The summed E-state index contributed by atoms with van der Waals surface area (Å²) in [5, 5.41) is 0. The number of rotatable bonds is 4. The molecule has 0 radical (unpaired) electrons. The first-order valence-electron chi connectivity index (χ1n) is 9.64. The number of hydrogen-bond donors (Lipinski definition) is 1. The summed E-state index contributed by atoms with van der Waals surface area (Å²) in [6.45, 7) is 1.95. The Kier molecular flexibility index (Phi) is 3.79. The van der Waals surface area contributed by atoms with Crippen molar-refractivity contribution in [2.75, 3.05) is 6.54 Å². The van der Waals surface area contributed by atoms with Crippen LogP contribution in [0.15, 0.2) is 52.9 Å². The molecule has 2 N–H and O–H groups in total. The number of nitrogens with zero attached hydrogens (tertiary/aromatic N) is 2. The molecule has 6 rings (SSSR count). The van der Waals surface area contributed by atoms with Gasteiger partial charge in [-0.05, 0) is 49.3 Å². The third-order valence-corrected chi connectivity index (χ3v) is 6.32. The highest BCUT2D eigenvalue weighted by atomic mass is 16.4. The third-order valence-electron chi connectivity index (χ3n) is 6.32. The van der Waals surface area contributed by atoms with Gasteiger partial charge in [0, 0.05) is 13.1 Å². The largest absolute Gasteiger partial charge is 0.439 e. The Balaban J connectivity index is 1.59. The first-order chi connectivity index (χ1) is 13.2. The van der Waals surface area contributed by atoms with Crippen molar-refractivity contribution >= 4 is 17.0 Å². The number of oxazole rings is 1. The van der Waals surface area contributed by atoms with Gasteiger partial charge in [-0.15, -0.1) is 0 Å². The van der Waals surface area contributed by atoms with E-state index in [0.717, 1.165) is 37.7 Å². The summed E-state index contributed by atoms with van der Waals surface area (Å²) in [4.78, 5) is 19.1. The van der Waals surface area contributed by atoms with Crippen LogP contribution in [-0.4, -0.2) is 22.3 Å². The maximum Gasteiger partial charge on any atom is 0.251 e. The number of aromatic nitrogens is 1. The molecule has 3 heterocycles. The predicted molar refractivity (Wildman–Crippen MR) is 103 cm³/mol. The number of hydrogen-bond acceptors (Lipinski definition) is 4. The topological polar surface area (TPSA) is 72.4 Å². The quantitative estimate of drug-likeness (QED) is 0.766. The van der Waals surface area contributed by atoms with E-state index < -0.39 is 5.91 Å². The molecule has 0 unspecified atom stereocenters. The molecule has 1 saturated carbocycles. The van der Waals surface area contributed by atoms with E-state index in [9.17, 15) is 4.79 Å². The first kappa shape index (κ1) is 16.5. The number of amides is 1. The molecule has 5 heteroatoms. The van der Waals surface area contributed by atoms with Gasteiger partial charge in [-0.3, -0.25) is 9.69 Å². The van der Waals surface area contributed by atoms with Crippen molar-refractivity contribution in [2.24, 2.45) is 11.7 Å². The summed E-state index contributed by atoms with van der Waals surface area (Å²) in [6.07, 6.45) is 4.49. The van der Waals surface area contributed by atoms with E-state index in [1.165, 1.54) is 18.4 Å². The molecule has 138 valence electrons. The Morgan fingerprint density at radius 2 is 1.93 bits per heavy atom. The summed E-state index contributed by atoms with van der Waals surface area (Å²) in [7, 11) is 0. The molecule has 2 aromatic carbocycles. The predicted octanol–water partition coefficient (Wildman–Crippen LogP) is 3.83. The molecule has 5 nitrogen and oxygen atoms in total. The number of para-hydroxylation sites is 1. The fourth-order valence-corrected chi connectivity index (χ4v) is 4.86. The van der Waals surface area contributed by atoms with Crippen LogP contribution >= 0.6 is 0 Å². The maximum atomic E-state index is 11.8. The number of piperidine rings is 2. The summed E-state index contributed by atoms with van der Waals surface area (Å²) >= 11 is 0. The van der Waals surface area contributed by atoms with Gasteiger partial charge in [0.15, 0.2) is 5.58 Å². The minimum atomic E-state index is -0.466. The standard InChI is InChI=1S/C22H23N3O2/c23-20(26)17-7-4-8-18-19(17)24-21(27-18)22-11-9-16(10-12-22)14-25(22)13-15-5-2-1-3-6-15/h1-8,16H,9-14H2,(H2,23,26). The number of nitrogens with two attached hydrogens (primary N) is 1. The number of carbonyl (C=O) groups is 1. The van der Waals surface area contributed by atoms with E-state index in [-0.39, 0.29) is 5.54 Å². The van der Waals surface area contributed by atoms with Gasteiger partial charge in [0.05, 0.1) is 11.1 Å². The maximum absolute atomic E-state index is 11.8. The average molecular weight is 361 g/mol. The lowest BCUT2D eigenvalue weighted by Gasteiger charge is -2.53. The van der Waals surface area contributed by atoms with Gasteiger partial charge in [0.1, 0.15) is 5.52 Å². The van der Waals surface area contributed by atoms with Crippen molar-refractivity contribution in [1.82, 2.24) is 9.88 Å². The Bertz CT molecular complexity index is 987. The zero-order valence-electron chi connectivity index (χ0n) is 15.2. The van der Waals surface area contributed by atoms with Gasteiger partial charge in [0.25, 0.3) is 5.91 Å². The van der Waals surface area contributed by atoms with Crippen LogP contribution in [0.2, 0.25) is 0 Å². The second-order valence-corrected chi connectivity index (χ2v) is 7.88. The Morgan fingerprint density at radius 3 is 2.67 bits per heavy atom. The molecular formula is C22H23N3O2. The van der Waals surface area contributed by atoms with Crippen LogP contribution in [-0.2, 0) is 12.1 Å². The monoisotopic (exact) mass is 361 g/mol. The van der Waals surface area contributed by atoms with Crippen LogP contribution in [0.4, 0.5) is 0 Å². The zero-order valence-corrected chi connectivity index (χ0v) is 15.2. The summed E-state index contributed by atoms with van der Waals surface area (Å²) in [5.41, 5.74) is 8.30. The number of fused-ring (bicyclic) bond motifs is 4. The van der Waals surface area contributed by atoms with Crippen LogP contribution in [0.1, 0.15) is 47.5 Å². The lowest BCUT2D eigenvalue weighted by atomic mass is 9.70. The van der Waals surface area contributed by atoms with Crippen LogP contribution in [0, 0.1) is 5.92 Å². The molecule has 1 aromatic heterocycles. The van der Waals surface area contributed by atoms with Gasteiger partial charge >= 0.3 is 0 Å². The smallest absolute Gasteiger partial charge is 0.251 e. The second-order valence-electron chi connectivity index (χ2n) is 7.88. The van der Waals surface area contributed by atoms with E-state index >= 15 is 0 Å². The SMILES string of the molecule is NC(=O)c1cccc2oc(C34CCC(CC3)CN4Cc3ccccc3)nc12. The minimum Gasteiger partial charge on any atom is -0.439 e. The molecule has 1 amide bonds. The van der Waals surface area contributed by atoms with Crippen LogP contribution in [0.3, 0.4) is 0 Å². The van der Waals surface area contributed by atoms with Crippen molar-refractivity contribution in [3.05, 3.63) is 65.5 Å². The molecule has 3 aliphatic rings. The van der Waals surface area contributed by atoms with E-state index in [1.807, 2.05) is 12.1 Å². The molecule has 0 atom stereocenters. The van der Waals surface area contributed by atoms with Gasteiger partial charge in [-0.2, -0.15) is 0 Å². The van der Waals surface area contributed by atoms with Gasteiger partial charge in [0.2, 0.25) is 5.89 Å². The molecule has 0 spiro atoms. The summed E-state index contributed by atoms with van der Waals surface area (Å²) in [5.74, 6) is 1.02. The summed E-state index contributed by atoms with van der Waals surface area (Å²) in [6, 6.07) is 16.0. The van der Waals surface area contributed by atoms with Crippen molar-refractivity contribution < 1.29 is 9.21 Å². The normalized spacial score (nSPS) is 25.1. The van der Waals surface area contributed by atoms with Gasteiger partial charge < -0.3 is 10.2 Å². The fraction of sp³-hybridized carbons (Fsp3) is 0.364. The van der Waals surface area contributed by atoms with E-state index in [2.05, 4.69) is 29.2 Å². The molecule has 2 bridgehead atoms. The zero-order chi connectivity index (χ0) is 18.4. The Morgan fingerprint density at radius 1 is 1.15 bits per heavy atom. The van der Waals surface area contributed by atoms with Gasteiger partial charge in [-0.25, -0.2) is 4.98 Å². The molecule has 3 aromatic rings. The molecule has 1 aliphatic carbocycles. The van der Waals surface area contributed by atoms with E-state index in [1.54, 1.807) is 12.1 Å². The molecule has 2 aliphatic heterocycles. The van der Waals surface area contributed by atoms with Crippen molar-refractivity contribution in [3.63, 3.8) is 0 Å². The highest BCUT2D eigenvalue weighted by molar-refractivity contribution is 6.03. The number of benzene rings is 2. The number of primary amides is 1. The van der Waals surface area contributed by atoms with Crippen LogP contribution < -0.4 is 5.73 Å². The highest BCUT2D eigenvalue weighted by Crippen LogP contribution is 2.50. The Hall–Kier alpha value is -2.66. The van der Waals surface area contributed by atoms with Crippen LogP contribution in [0.25, 0.3) is 11.1 Å². The lowest BCUT2D eigenvalue weighted by Crippen LogP contribution is -2.55. The van der Waals surface area contributed by atoms with E-state index in [0.29, 0.717) is 16.7 Å². The van der Waals surface area contributed by atoms with Crippen LogP contribution in [0.5, 0.6) is 0 Å². The van der Waals surface area contributed by atoms with Gasteiger partial charge in [-0.1, -0.05) is 36.4 Å². The van der Waals surface area contributed by atoms with Crippen molar-refractivity contribution in [2.45, 2.75) is 37.8 Å². The van der Waals surface area contributed by atoms with Crippen molar-refractivity contribution in [1.29, 1.82) is 0 Å². The van der Waals surface area contributed by atoms with E-state index in [4.69, 9.17) is 15.1 Å². The minimum absolute atomic E-state index is 0.196. The van der Waals surface area contributed by atoms with Crippen molar-refractivity contribution in [3.8, 4) is 0 Å². The summed E-state index contributed by atoms with van der Waals surface area (Å²) < 4.78 is 6.22. The fourth-order valence-electron chi connectivity index (χ4n) is 4.86. The lowest BCUT2D eigenvalue weighted by molar-refractivity contribution is -0.0603. The molecule has 2 saturated heterocycles. The first-order valence-corrected chi connectivity index (χ1v) is 9.64. The highest BCUT2D eigenvalue weighted by Gasteiger charge is 2.50. The molecular weight excluding hydrogens is 338 g/mol. The molecule has 3 fully saturated rings. The Labute approximate surface area is 158 Å².